The van der Waals surface area contributed by atoms with Gasteiger partial charge in [-0.25, -0.2) is 0 Å². The Balaban J connectivity index is 2.55. The predicted molar refractivity (Wildman–Crippen MR) is 55.6 cm³/mol. The summed E-state index contributed by atoms with van der Waals surface area (Å²) in [4.78, 5) is 0. The minimum Gasteiger partial charge on any atom is -0.368 e. The van der Waals surface area contributed by atoms with Crippen LogP contribution in [0.4, 0.5) is 5.95 Å². The Morgan fingerprint density at radius 3 is 2.69 bits per heavy atom. The lowest BCUT2D eigenvalue weighted by molar-refractivity contribution is 0.797. The van der Waals surface area contributed by atoms with Gasteiger partial charge < -0.3 is 5.73 Å². The van der Waals surface area contributed by atoms with Crippen molar-refractivity contribution in [1.82, 2.24) is 14.8 Å². The summed E-state index contributed by atoms with van der Waals surface area (Å²) >= 11 is 1.63. The summed E-state index contributed by atoms with van der Waals surface area (Å²) in [7, 11) is 1.86. The first-order chi connectivity index (χ1) is 6.11. The minimum atomic E-state index is 0.458. The fourth-order valence-electron chi connectivity index (χ4n) is 0.735. The number of nitrogen functional groups attached to an aromatic ring is 1. The standard InChI is InChI=1S/C8H14N4S/c1-6(2)4-5-13-8-11-10-7(9)12(8)3/h4H,5H2,1-3H3,(H2,9,10). The van der Waals surface area contributed by atoms with Crippen LogP contribution < -0.4 is 5.73 Å². The van der Waals surface area contributed by atoms with Crippen LogP contribution in [-0.2, 0) is 7.05 Å². The van der Waals surface area contributed by atoms with Crippen LogP contribution in [0.3, 0.4) is 0 Å². The van der Waals surface area contributed by atoms with E-state index in [9.17, 15) is 0 Å². The number of rotatable bonds is 3. The van der Waals surface area contributed by atoms with Crippen LogP contribution in [0.5, 0.6) is 0 Å². The van der Waals surface area contributed by atoms with Crippen molar-refractivity contribution in [2.24, 2.45) is 7.05 Å². The molecule has 0 aromatic carbocycles. The van der Waals surface area contributed by atoms with Crippen molar-refractivity contribution in [3.05, 3.63) is 11.6 Å². The molecule has 1 rings (SSSR count). The molecule has 5 heteroatoms. The van der Waals surface area contributed by atoms with Crippen LogP contribution in [0, 0.1) is 0 Å². The highest BCUT2D eigenvalue weighted by Crippen LogP contribution is 2.16. The molecular formula is C8H14N4S. The molecule has 0 fully saturated rings. The lowest BCUT2D eigenvalue weighted by Crippen LogP contribution is -1.97. The van der Waals surface area contributed by atoms with E-state index in [2.05, 4.69) is 30.1 Å². The molecule has 0 unspecified atom stereocenters. The second-order valence-electron chi connectivity index (χ2n) is 2.99. The third-order valence-electron chi connectivity index (χ3n) is 1.57. The quantitative estimate of drug-likeness (QED) is 0.590. The van der Waals surface area contributed by atoms with E-state index in [0.717, 1.165) is 10.9 Å². The number of aromatic nitrogens is 3. The Labute approximate surface area is 82.2 Å². The summed E-state index contributed by atoms with van der Waals surface area (Å²) in [6.07, 6.45) is 2.15. The van der Waals surface area contributed by atoms with Gasteiger partial charge in [0.25, 0.3) is 0 Å². The molecule has 2 N–H and O–H groups in total. The van der Waals surface area contributed by atoms with Gasteiger partial charge in [0.05, 0.1) is 0 Å². The van der Waals surface area contributed by atoms with Gasteiger partial charge in [-0.05, 0) is 13.8 Å². The molecule has 72 valence electrons. The monoisotopic (exact) mass is 198 g/mol. The first-order valence-corrected chi connectivity index (χ1v) is 5.01. The molecule has 4 nitrogen and oxygen atoms in total. The van der Waals surface area contributed by atoms with Crippen LogP contribution in [-0.4, -0.2) is 20.5 Å². The zero-order valence-corrected chi connectivity index (χ0v) is 8.93. The average Bonchev–Trinajstić information content (AvgIpc) is 2.35. The highest BCUT2D eigenvalue weighted by Gasteiger charge is 2.03. The SMILES string of the molecule is CC(C)=CCSc1nnc(N)n1C. The molecule has 13 heavy (non-hydrogen) atoms. The first kappa shape index (κ1) is 10.1. The van der Waals surface area contributed by atoms with Crippen LogP contribution in [0.2, 0.25) is 0 Å². The summed E-state index contributed by atoms with van der Waals surface area (Å²) in [5.41, 5.74) is 6.84. The van der Waals surface area contributed by atoms with Gasteiger partial charge >= 0.3 is 0 Å². The van der Waals surface area contributed by atoms with E-state index in [0.29, 0.717) is 5.95 Å². The van der Waals surface area contributed by atoms with Crippen molar-refractivity contribution in [3.8, 4) is 0 Å². The Bertz CT molecular complexity index is 312. The topological polar surface area (TPSA) is 56.7 Å². The molecule has 0 saturated carbocycles. The van der Waals surface area contributed by atoms with Gasteiger partial charge in [0.2, 0.25) is 5.95 Å². The van der Waals surface area contributed by atoms with Gasteiger partial charge in [-0.3, -0.25) is 4.57 Å². The van der Waals surface area contributed by atoms with Gasteiger partial charge in [0.15, 0.2) is 5.16 Å². The maximum atomic E-state index is 5.53. The maximum Gasteiger partial charge on any atom is 0.222 e. The highest BCUT2D eigenvalue weighted by atomic mass is 32.2. The normalized spacial score (nSPS) is 10.1. The third-order valence-corrected chi connectivity index (χ3v) is 2.52. The molecule has 0 aliphatic heterocycles. The molecule has 0 spiro atoms. The van der Waals surface area contributed by atoms with Crippen LogP contribution >= 0.6 is 11.8 Å². The molecule has 0 saturated heterocycles. The molecule has 0 radical (unpaired) electrons. The predicted octanol–water partition coefficient (Wildman–Crippen LogP) is 1.46. The van der Waals surface area contributed by atoms with Gasteiger partial charge in [-0.15, -0.1) is 10.2 Å². The summed E-state index contributed by atoms with van der Waals surface area (Å²) in [5.74, 6) is 1.37. The smallest absolute Gasteiger partial charge is 0.222 e. The molecule has 1 aromatic heterocycles. The van der Waals surface area contributed by atoms with E-state index in [4.69, 9.17) is 5.73 Å². The molecule has 0 bridgehead atoms. The van der Waals surface area contributed by atoms with Crippen molar-refractivity contribution >= 4 is 17.7 Å². The van der Waals surface area contributed by atoms with Crippen molar-refractivity contribution in [3.63, 3.8) is 0 Å². The number of hydrogen-bond donors (Lipinski definition) is 1. The number of nitrogens with two attached hydrogens (primary N) is 1. The van der Waals surface area contributed by atoms with E-state index < -0.39 is 0 Å². The summed E-state index contributed by atoms with van der Waals surface area (Å²) in [5, 5.41) is 8.55. The van der Waals surface area contributed by atoms with Crippen LogP contribution in [0.1, 0.15) is 13.8 Å². The van der Waals surface area contributed by atoms with Crippen molar-refractivity contribution in [2.75, 3.05) is 11.5 Å². The zero-order valence-electron chi connectivity index (χ0n) is 8.11. The zero-order chi connectivity index (χ0) is 9.84. The van der Waals surface area contributed by atoms with E-state index in [-0.39, 0.29) is 0 Å². The lowest BCUT2D eigenvalue weighted by Gasteiger charge is -1.97. The Hall–Kier alpha value is -0.970. The largest absolute Gasteiger partial charge is 0.368 e. The third kappa shape index (κ3) is 2.77. The molecule has 0 aliphatic rings. The fourth-order valence-corrected chi connectivity index (χ4v) is 1.69. The molecule has 0 aliphatic carbocycles. The van der Waals surface area contributed by atoms with E-state index >= 15 is 0 Å². The fraction of sp³-hybridized carbons (Fsp3) is 0.500. The van der Waals surface area contributed by atoms with Gasteiger partial charge in [-0.2, -0.15) is 0 Å². The van der Waals surface area contributed by atoms with E-state index in [1.54, 1.807) is 16.3 Å². The van der Waals surface area contributed by atoms with Gasteiger partial charge in [-0.1, -0.05) is 23.4 Å². The molecule has 1 heterocycles. The lowest BCUT2D eigenvalue weighted by atomic mass is 10.3. The van der Waals surface area contributed by atoms with Crippen LogP contribution in [0.15, 0.2) is 16.8 Å². The number of nitrogens with zero attached hydrogens (tertiary/aromatic N) is 3. The number of anilines is 1. The minimum absolute atomic E-state index is 0.458. The molecule has 0 atom stereocenters. The van der Waals surface area contributed by atoms with E-state index in [1.165, 1.54) is 5.57 Å². The van der Waals surface area contributed by atoms with Crippen molar-refractivity contribution in [2.45, 2.75) is 19.0 Å². The summed E-state index contributed by atoms with van der Waals surface area (Å²) in [6, 6.07) is 0. The Morgan fingerprint density at radius 2 is 2.23 bits per heavy atom. The molecule has 0 amide bonds. The Kier molecular flexibility index (Phi) is 3.36. The van der Waals surface area contributed by atoms with Crippen molar-refractivity contribution in [1.29, 1.82) is 0 Å². The second kappa shape index (κ2) is 4.32. The average molecular weight is 198 g/mol. The number of allylic oxidation sites excluding steroid dienone is 1. The van der Waals surface area contributed by atoms with Gasteiger partial charge in [0, 0.05) is 12.8 Å². The molecular weight excluding hydrogens is 184 g/mol. The highest BCUT2D eigenvalue weighted by molar-refractivity contribution is 7.99. The van der Waals surface area contributed by atoms with E-state index in [1.807, 2.05) is 7.05 Å². The Morgan fingerprint density at radius 1 is 1.54 bits per heavy atom. The number of hydrogen-bond acceptors (Lipinski definition) is 4. The summed E-state index contributed by atoms with van der Waals surface area (Å²) in [6.45, 7) is 4.15. The van der Waals surface area contributed by atoms with Crippen LogP contribution in [0.25, 0.3) is 0 Å². The molecule has 1 aromatic rings. The maximum absolute atomic E-state index is 5.53. The summed E-state index contributed by atoms with van der Waals surface area (Å²) < 4.78 is 1.78. The number of thioether (sulfide) groups is 1. The first-order valence-electron chi connectivity index (χ1n) is 4.02. The second-order valence-corrected chi connectivity index (χ2v) is 3.98. The van der Waals surface area contributed by atoms with Gasteiger partial charge in [0.1, 0.15) is 0 Å². The van der Waals surface area contributed by atoms with Crippen molar-refractivity contribution < 1.29 is 0 Å².